The predicted molar refractivity (Wildman–Crippen MR) is 111 cm³/mol. The van der Waals surface area contributed by atoms with Gasteiger partial charge in [0.1, 0.15) is 6.04 Å². The molecule has 3 aliphatic heterocycles. The summed E-state index contributed by atoms with van der Waals surface area (Å²) in [5, 5.41) is 18.9. The van der Waals surface area contributed by atoms with Crippen LogP contribution in [0.1, 0.15) is 45.4 Å². The fraction of sp³-hybridized carbons (Fsp3) is 0.762. The van der Waals surface area contributed by atoms with E-state index >= 15 is 0 Å². The maximum absolute atomic E-state index is 13.7. The van der Waals surface area contributed by atoms with E-state index in [0.717, 1.165) is 19.3 Å². The Labute approximate surface area is 176 Å². The summed E-state index contributed by atoms with van der Waals surface area (Å²) in [7, 11) is 0. The average molecular weight is 425 g/mol. The summed E-state index contributed by atoms with van der Waals surface area (Å²) in [6.07, 6.45) is 6.10. The Morgan fingerprint density at radius 2 is 2.14 bits per heavy atom. The molecule has 3 saturated heterocycles. The third-order valence-electron chi connectivity index (χ3n) is 6.57. The number of aliphatic hydroxyl groups excluding tert-OH is 1. The summed E-state index contributed by atoms with van der Waals surface area (Å²) in [5.41, 5.74) is 0. The van der Waals surface area contributed by atoms with Crippen LogP contribution < -0.4 is 0 Å². The van der Waals surface area contributed by atoms with Crippen LogP contribution in [-0.4, -0.2) is 80.1 Å². The van der Waals surface area contributed by atoms with Crippen LogP contribution in [0.25, 0.3) is 0 Å². The van der Waals surface area contributed by atoms with Crippen molar-refractivity contribution in [1.82, 2.24) is 9.80 Å². The Kier molecular flexibility index (Phi) is 6.94. The lowest BCUT2D eigenvalue weighted by Gasteiger charge is -2.37. The highest BCUT2D eigenvalue weighted by molar-refractivity contribution is 8.02. The number of fused-ring (bicyclic) bond motifs is 1. The zero-order valence-corrected chi connectivity index (χ0v) is 17.9. The monoisotopic (exact) mass is 424 g/mol. The van der Waals surface area contributed by atoms with Crippen molar-refractivity contribution in [2.75, 3.05) is 26.2 Å². The molecular weight excluding hydrogens is 392 g/mol. The van der Waals surface area contributed by atoms with Gasteiger partial charge < -0.3 is 20.0 Å². The van der Waals surface area contributed by atoms with Gasteiger partial charge in [-0.15, -0.1) is 18.3 Å². The molecule has 0 radical (unpaired) electrons. The van der Waals surface area contributed by atoms with Crippen LogP contribution in [0, 0.1) is 11.8 Å². The molecule has 2 N–H and O–H groups in total. The number of hydrogen-bond acceptors (Lipinski definition) is 5. The van der Waals surface area contributed by atoms with E-state index in [1.54, 1.807) is 27.6 Å². The third kappa shape index (κ3) is 3.69. The molecule has 3 heterocycles. The number of unbranched alkanes of at least 4 members (excludes halogenated alkanes) is 2. The normalized spacial score (nSPS) is 32.5. The average Bonchev–Trinajstić information content (AvgIpc) is 3.33. The molecule has 3 fully saturated rings. The molecular formula is C21H32N2O5S. The van der Waals surface area contributed by atoms with E-state index in [-0.39, 0.29) is 23.7 Å². The second-order valence-corrected chi connectivity index (χ2v) is 9.88. The topological polar surface area (TPSA) is 98.2 Å². The highest BCUT2D eigenvalue weighted by Gasteiger charge is 2.73. The number of hydrogen-bond donors (Lipinski definition) is 2. The van der Waals surface area contributed by atoms with Crippen LogP contribution in [0.5, 0.6) is 0 Å². The molecule has 8 heteroatoms. The van der Waals surface area contributed by atoms with E-state index in [4.69, 9.17) is 5.11 Å². The van der Waals surface area contributed by atoms with Crippen LogP contribution >= 0.6 is 11.8 Å². The number of carboxylic acid groups (broad SMARTS) is 1. The molecule has 162 valence electrons. The minimum Gasteiger partial charge on any atom is -0.481 e. The highest BCUT2D eigenvalue weighted by Crippen LogP contribution is 2.66. The van der Waals surface area contributed by atoms with Crippen LogP contribution in [-0.2, 0) is 14.4 Å². The van der Waals surface area contributed by atoms with Gasteiger partial charge >= 0.3 is 5.97 Å². The molecule has 1 spiro atoms. The minimum absolute atomic E-state index is 0.0306. The Morgan fingerprint density at radius 3 is 2.76 bits per heavy atom. The van der Waals surface area contributed by atoms with Crippen molar-refractivity contribution in [2.45, 2.75) is 61.5 Å². The van der Waals surface area contributed by atoms with Gasteiger partial charge in [0.15, 0.2) is 0 Å². The lowest BCUT2D eigenvalue weighted by molar-refractivity contribution is -0.148. The SMILES string of the molecule is C=CCN(CCCC)C(=O)C1N(CCCCO)C(=O)[C@@H]2[C@@H](C(=O)O)[C@H]3CCC12S3. The third-order valence-corrected chi connectivity index (χ3v) is 8.52. The summed E-state index contributed by atoms with van der Waals surface area (Å²) in [6.45, 7) is 7.28. The summed E-state index contributed by atoms with van der Waals surface area (Å²) in [5.74, 6) is -2.57. The number of carboxylic acids is 1. The number of rotatable bonds is 11. The van der Waals surface area contributed by atoms with Gasteiger partial charge in [0.2, 0.25) is 11.8 Å². The zero-order valence-electron chi connectivity index (χ0n) is 17.1. The van der Waals surface area contributed by atoms with Gasteiger partial charge in [-0.1, -0.05) is 19.4 Å². The largest absolute Gasteiger partial charge is 0.481 e. The van der Waals surface area contributed by atoms with E-state index in [1.165, 1.54) is 0 Å². The molecule has 2 bridgehead atoms. The molecule has 0 saturated carbocycles. The van der Waals surface area contributed by atoms with Gasteiger partial charge in [0, 0.05) is 31.5 Å². The van der Waals surface area contributed by atoms with Crippen molar-refractivity contribution in [3.8, 4) is 0 Å². The van der Waals surface area contributed by atoms with E-state index < -0.39 is 28.6 Å². The number of carbonyl (C=O) groups excluding carboxylic acids is 2. The van der Waals surface area contributed by atoms with Crippen molar-refractivity contribution in [1.29, 1.82) is 0 Å². The fourth-order valence-electron chi connectivity index (χ4n) is 5.32. The van der Waals surface area contributed by atoms with Crippen LogP contribution in [0.3, 0.4) is 0 Å². The lowest BCUT2D eigenvalue weighted by atomic mass is 9.71. The maximum atomic E-state index is 13.7. The molecule has 0 aromatic heterocycles. The smallest absolute Gasteiger partial charge is 0.308 e. The van der Waals surface area contributed by atoms with Gasteiger partial charge in [-0.3, -0.25) is 14.4 Å². The standard InChI is InChI=1S/C21H32N2O5S/c1-3-5-11-22(10-4-2)19(26)17-21-9-8-14(29-21)15(20(27)28)16(21)18(25)23(17)12-6-7-13-24/h4,14-17,24H,2-3,5-13H2,1H3,(H,27,28)/t14-,15+,16+,17?,21?/m1/s1. The van der Waals surface area contributed by atoms with E-state index in [9.17, 15) is 19.5 Å². The van der Waals surface area contributed by atoms with Crippen molar-refractivity contribution in [3.63, 3.8) is 0 Å². The first-order valence-corrected chi connectivity index (χ1v) is 11.5. The lowest BCUT2D eigenvalue weighted by Crippen LogP contribution is -2.55. The second-order valence-electron chi connectivity index (χ2n) is 8.28. The minimum atomic E-state index is -0.931. The first-order chi connectivity index (χ1) is 13.9. The number of likely N-dealkylation sites (tertiary alicyclic amines) is 1. The summed E-state index contributed by atoms with van der Waals surface area (Å²) in [6, 6.07) is -0.630. The Bertz CT molecular complexity index is 671. The Balaban J connectivity index is 1.96. The van der Waals surface area contributed by atoms with E-state index in [0.29, 0.717) is 38.9 Å². The van der Waals surface area contributed by atoms with Gasteiger partial charge in [-0.25, -0.2) is 0 Å². The molecule has 0 aliphatic carbocycles. The van der Waals surface area contributed by atoms with Crippen LogP contribution in [0.4, 0.5) is 0 Å². The molecule has 29 heavy (non-hydrogen) atoms. The number of amides is 2. The highest BCUT2D eigenvalue weighted by atomic mass is 32.2. The Hall–Kier alpha value is -1.54. The van der Waals surface area contributed by atoms with E-state index in [1.807, 2.05) is 0 Å². The van der Waals surface area contributed by atoms with Crippen molar-refractivity contribution < 1.29 is 24.6 Å². The summed E-state index contributed by atoms with van der Waals surface area (Å²) < 4.78 is -0.646. The van der Waals surface area contributed by atoms with Gasteiger partial charge in [-0.05, 0) is 32.1 Å². The van der Waals surface area contributed by atoms with Crippen molar-refractivity contribution >= 4 is 29.5 Å². The molecule has 0 aromatic carbocycles. The second kappa shape index (κ2) is 9.08. The number of aliphatic carboxylic acids is 1. The van der Waals surface area contributed by atoms with Gasteiger partial charge in [0.25, 0.3) is 0 Å². The summed E-state index contributed by atoms with van der Waals surface area (Å²) in [4.78, 5) is 42.5. The maximum Gasteiger partial charge on any atom is 0.308 e. The molecule has 2 amide bonds. The van der Waals surface area contributed by atoms with Crippen LogP contribution in [0.15, 0.2) is 12.7 Å². The predicted octanol–water partition coefficient (Wildman–Crippen LogP) is 1.75. The first-order valence-electron chi connectivity index (χ1n) is 10.6. The van der Waals surface area contributed by atoms with Crippen molar-refractivity contribution in [2.24, 2.45) is 11.8 Å². The first kappa shape index (κ1) is 22.2. The molecule has 0 aromatic rings. The number of carbonyl (C=O) groups is 3. The fourth-order valence-corrected chi connectivity index (χ4v) is 7.52. The zero-order chi connectivity index (χ0) is 21.2. The van der Waals surface area contributed by atoms with Gasteiger partial charge in [-0.2, -0.15) is 0 Å². The number of nitrogens with zero attached hydrogens (tertiary/aromatic N) is 2. The van der Waals surface area contributed by atoms with Crippen LogP contribution in [0.2, 0.25) is 0 Å². The van der Waals surface area contributed by atoms with Gasteiger partial charge in [0.05, 0.1) is 16.6 Å². The van der Waals surface area contributed by atoms with Crippen molar-refractivity contribution in [3.05, 3.63) is 12.7 Å². The quantitative estimate of drug-likeness (QED) is 0.387. The molecule has 3 rings (SSSR count). The number of aliphatic hydroxyl groups is 1. The molecule has 3 aliphatic rings. The molecule has 5 atom stereocenters. The Morgan fingerprint density at radius 1 is 1.38 bits per heavy atom. The number of thioether (sulfide) groups is 1. The van der Waals surface area contributed by atoms with E-state index in [2.05, 4.69) is 13.5 Å². The molecule has 2 unspecified atom stereocenters. The molecule has 7 nitrogen and oxygen atoms in total. The summed E-state index contributed by atoms with van der Waals surface area (Å²) >= 11 is 1.56.